The van der Waals surface area contributed by atoms with Gasteiger partial charge in [0.05, 0.1) is 24.9 Å². The standard InChI is InChI=1S/C36H35F5N2O5/c1-20(34(45)24-6-4-3-5-7-24)43(2)18-26-16-27(23-12-10-22(19-44)11-13-23)48-36(47-26)25-14-8-21(9-15-25)17-42-35(46)28-29(37)31(39)33(41)32(40)30(28)38/h3-15,20,26-27,34,36,44-45H,16-19H2,1-2H3,(H,42,46)/t20-,26+,27-,34-,36-/m1/s1. The van der Waals surface area contributed by atoms with Crippen LogP contribution in [0.1, 0.15) is 70.0 Å². The molecule has 7 nitrogen and oxygen atoms in total. The number of rotatable bonds is 11. The molecule has 4 aromatic carbocycles. The lowest BCUT2D eigenvalue weighted by Crippen LogP contribution is -2.43. The SMILES string of the molecule is C[C@H]([C@@H](O)c1ccccc1)N(C)C[C@@H]1C[C@H](c2ccc(CO)cc2)O[C@H](c2ccc(CNC(=O)c3c(F)c(F)c(F)c(F)c3F)cc2)O1. The largest absolute Gasteiger partial charge is 0.392 e. The van der Waals surface area contributed by atoms with Crippen LogP contribution in [0.4, 0.5) is 22.0 Å². The molecule has 4 aromatic rings. The van der Waals surface area contributed by atoms with Crippen molar-refractivity contribution in [3.63, 3.8) is 0 Å². The molecule has 0 saturated carbocycles. The highest BCUT2D eigenvalue weighted by Crippen LogP contribution is 2.38. The molecule has 3 N–H and O–H groups in total. The van der Waals surface area contributed by atoms with E-state index in [0.717, 1.165) is 16.7 Å². The van der Waals surface area contributed by atoms with Gasteiger partial charge >= 0.3 is 0 Å². The van der Waals surface area contributed by atoms with Crippen LogP contribution in [0.25, 0.3) is 0 Å². The van der Waals surface area contributed by atoms with Crippen LogP contribution in [0.5, 0.6) is 0 Å². The Morgan fingerprint density at radius 3 is 2.00 bits per heavy atom. The summed E-state index contributed by atoms with van der Waals surface area (Å²) in [6, 6.07) is 23.1. The summed E-state index contributed by atoms with van der Waals surface area (Å²) < 4.78 is 81.4. The quantitative estimate of drug-likeness (QED) is 0.0972. The third-order valence-electron chi connectivity index (χ3n) is 8.54. The number of benzene rings is 4. The van der Waals surface area contributed by atoms with E-state index in [1.807, 2.05) is 73.5 Å². The van der Waals surface area contributed by atoms with Gasteiger partial charge in [-0.2, -0.15) is 0 Å². The number of carbonyl (C=O) groups excluding carboxylic acids is 1. The Kier molecular flexibility index (Phi) is 11.2. The molecule has 1 fully saturated rings. The van der Waals surface area contributed by atoms with Crippen molar-refractivity contribution in [1.82, 2.24) is 10.2 Å². The van der Waals surface area contributed by atoms with Crippen molar-refractivity contribution < 1.29 is 46.4 Å². The molecule has 12 heteroatoms. The summed E-state index contributed by atoms with van der Waals surface area (Å²) in [5.41, 5.74) is 1.98. The fraction of sp³-hybridized carbons (Fsp3) is 0.306. The van der Waals surface area contributed by atoms with E-state index in [0.29, 0.717) is 24.1 Å². The summed E-state index contributed by atoms with van der Waals surface area (Å²) in [7, 11) is 1.91. The molecule has 0 aromatic heterocycles. The number of hydrogen-bond donors (Lipinski definition) is 3. The number of nitrogens with zero attached hydrogens (tertiary/aromatic N) is 1. The van der Waals surface area contributed by atoms with Crippen molar-refractivity contribution in [2.24, 2.45) is 0 Å². The molecule has 1 amide bonds. The van der Waals surface area contributed by atoms with Gasteiger partial charge in [-0.1, -0.05) is 78.9 Å². The molecular weight excluding hydrogens is 635 g/mol. The van der Waals surface area contributed by atoms with E-state index >= 15 is 0 Å². The van der Waals surface area contributed by atoms with Gasteiger partial charge in [0, 0.05) is 31.1 Å². The Labute approximate surface area is 274 Å². The van der Waals surface area contributed by atoms with Crippen LogP contribution in [-0.2, 0) is 22.6 Å². The minimum Gasteiger partial charge on any atom is -0.392 e. The number of hydrogen-bond acceptors (Lipinski definition) is 6. The Bertz CT molecular complexity index is 1680. The molecule has 48 heavy (non-hydrogen) atoms. The van der Waals surface area contributed by atoms with Crippen LogP contribution >= 0.6 is 0 Å². The van der Waals surface area contributed by atoms with Crippen LogP contribution in [0.15, 0.2) is 78.9 Å². The van der Waals surface area contributed by atoms with Gasteiger partial charge in [-0.15, -0.1) is 0 Å². The van der Waals surface area contributed by atoms with Crippen molar-refractivity contribution in [2.45, 2.75) is 57.1 Å². The zero-order chi connectivity index (χ0) is 34.5. The summed E-state index contributed by atoms with van der Waals surface area (Å²) in [6.45, 7) is 2.04. The van der Waals surface area contributed by atoms with Gasteiger partial charge in [-0.05, 0) is 36.2 Å². The second kappa shape index (κ2) is 15.3. The van der Waals surface area contributed by atoms with Crippen molar-refractivity contribution >= 4 is 5.91 Å². The van der Waals surface area contributed by atoms with E-state index < -0.39 is 53.0 Å². The topological polar surface area (TPSA) is 91.3 Å². The lowest BCUT2D eigenvalue weighted by atomic mass is 9.98. The highest BCUT2D eigenvalue weighted by molar-refractivity contribution is 5.94. The summed E-state index contributed by atoms with van der Waals surface area (Å²) in [4.78, 5) is 14.4. The number of ether oxygens (including phenoxy) is 2. The summed E-state index contributed by atoms with van der Waals surface area (Å²) >= 11 is 0. The maximum Gasteiger partial charge on any atom is 0.257 e. The molecule has 5 atom stereocenters. The predicted octanol–water partition coefficient (Wildman–Crippen LogP) is 6.40. The van der Waals surface area contributed by atoms with E-state index in [-0.39, 0.29) is 31.4 Å². The second-order valence-corrected chi connectivity index (χ2v) is 11.8. The molecule has 0 aliphatic carbocycles. The first-order valence-corrected chi connectivity index (χ1v) is 15.3. The van der Waals surface area contributed by atoms with E-state index in [2.05, 4.69) is 5.32 Å². The first-order valence-electron chi connectivity index (χ1n) is 15.3. The van der Waals surface area contributed by atoms with Gasteiger partial charge in [0.2, 0.25) is 5.82 Å². The molecule has 5 rings (SSSR count). The third-order valence-corrected chi connectivity index (χ3v) is 8.54. The number of amides is 1. The number of nitrogens with one attached hydrogen (secondary N) is 1. The van der Waals surface area contributed by atoms with E-state index in [4.69, 9.17) is 9.47 Å². The smallest absolute Gasteiger partial charge is 0.257 e. The monoisotopic (exact) mass is 670 g/mol. The van der Waals surface area contributed by atoms with Crippen molar-refractivity contribution in [2.75, 3.05) is 13.6 Å². The lowest BCUT2D eigenvalue weighted by Gasteiger charge is -2.39. The average Bonchev–Trinajstić information content (AvgIpc) is 3.12. The first-order chi connectivity index (χ1) is 23.0. The van der Waals surface area contributed by atoms with Gasteiger partial charge in [-0.3, -0.25) is 9.69 Å². The number of aliphatic hydroxyl groups excluding tert-OH is 2. The third kappa shape index (κ3) is 7.74. The first kappa shape index (κ1) is 35.1. The molecule has 0 bridgehead atoms. The molecule has 1 saturated heterocycles. The van der Waals surface area contributed by atoms with Gasteiger partial charge in [0.1, 0.15) is 5.56 Å². The summed E-state index contributed by atoms with van der Waals surface area (Å²) in [6.07, 6.45) is -1.72. The molecule has 0 radical (unpaired) electrons. The average molecular weight is 671 g/mol. The highest BCUT2D eigenvalue weighted by atomic mass is 19.2. The van der Waals surface area contributed by atoms with E-state index in [1.54, 1.807) is 24.3 Å². The van der Waals surface area contributed by atoms with Crippen LogP contribution in [0.3, 0.4) is 0 Å². The van der Waals surface area contributed by atoms with E-state index in [1.165, 1.54) is 0 Å². The zero-order valence-corrected chi connectivity index (χ0v) is 26.2. The zero-order valence-electron chi connectivity index (χ0n) is 26.2. The van der Waals surface area contributed by atoms with Crippen molar-refractivity contribution in [3.05, 3.63) is 141 Å². The summed E-state index contributed by atoms with van der Waals surface area (Å²) in [5.74, 6) is -12.6. The lowest BCUT2D eigenvalue weighted by molar-refractivity contribution is -0.253. The molecular formula is C36H35F5N2O5. The Hall–Kier alpha value is -4.20. The molecule has 1 heterocycles. The molecule has 0 spiro atoms. The highest BCUT2D eigenvalue weighted by Gasteiger charge is 2.34. The fourth-order valence-corrected chi connectivity index (χ4v) is 5.56. The van der Waals surface area contributed by atoms with Crippen molar-refractivity contribution in [3.8, 4) is 0 Å². The van der Waals surface area contributed by atoms with Crippen LogP contribution < -0.4 is 5.32 Å². The van der Waals surface area contributed by atoms with Crippen LogP contribution in [-0.4, -0.2) is 46.8 Å². The van der Waals surface area contributed by atoms with Gasteiger partial charge in [0.25, 0.3) is 5.91 Å². The summed E-state index contributed by atoms with van der Waals surface area (Å²) in [5, 5.41) is 22.7. The number of carbonyl (C=O) groups is 1. The van der Waals surface area contributed by atoms with Gasteiger partial charge in [0.15, 0.2) is 29.6 Å². The fourth-order valence-electron chi connectivity index (χ4n) is 5.56. The second-order valence-electron chi connectivity index (χ2n) is 11.8. The van der Waals surface area contributed by atoms with Crippen LogP contribution in [0, 0.1) is 29.1 Å². The van der Waals surface area contributed by atoms with Gasteiger partial charge in [-0.25, -0.2) is 22.0 Å². The van der Waals surface area contributed by atoms with Crippen LogP contribution in [0.2, 0.25) is 0 Å². The molecule has 1 aliphatic rings. The maximum absolute atomic E-state index is 14.1. The number of halogens is 5. The molecule has 254 valence electrons. The van der Waals surface area contributed by atoms with Gasteiger partial charge < -0.3 is 25.0 Å². The minimum absolute atomic E-state index is 0.0963. The Morgan fingerprint density at radius 2 is 1.40 bits per heavy atom. The normalized spacial score (nSPS) is 19.2. The minimum atomic E-state index is -2.35. The Morgan fingerprint density at radius 1 is 0.833 bits per heavy atom. The Balaban J connectivity index is 1.30. The molecule has 1 aliphatic heterocycles. The predicted molar refractivity (Wildman–Crippen MR) is 166 cm³/mol. The number of aliphatic hydroxyl groups is 2. The maximum atomic E-state index is 14.1. The van der Waals surface area contributed by atoms with Crippen molar-refractivity contribution in [1.29, 1.82) is 0 Å². The number of likely N-dealkylation sites (N-methyl/N-ethyl adjacent to an activating group) is 1. The molecule has 0 unspecified atom stereocenters. The van der Waals surface area contributed by atoms with E-state index in [9.17, 15) is 37.0 Å².